The maximum Gasteiger partial charge on any atom is 0.355 e. The summed E-state index contributed by atoms with van der Waals surface area (Å²) in [5.74, 6) is -1.86. The van der Waals surface area contributed by atoms with Crippen LogP contribution >= 0.6 is 11.3 Å². The Morgan fingerprint density at radius 2 is 1.94 bits per heavy atom. The van der Waals surface area contributed by atoms with Gasteiger partial charge in [-0.2, -0.15) is 0 Å². The molecule has 0 aliphatic heterocycles. The molecule has 2 aromatic carbocycles. The molecule has 0 radical (unpaired) electrons. The van der Waals surface area contributed by atoms with Crippen LogP contribution < -0.4 is 14.4 Å². The van der Waals surface area contributed by atoms with Crippen molar-refractivity contribution < 1.29 is 36.7 Å². The molecule has 188 valence electrons. The normalized spacial score (nSPS) is 11.4. The Hall–Kier alpha value is -3.97. The molecule has 0 bridgehead atoms. The summed E-state index contributed by atoms with van der Waals surface area (Å²) in [4.78, 5) is 27.9. The van der Waals surface area contributed by atoms with Crippen molar-refractivity contribution in [2.24, 2.45) is 0 Å². The first-order chi connectivity index (χ1) is 17.0. The number of sulfonamides is 1. The lowest BCUT2D eigenvalue weighted by Crippen LogP contribution is -2.25. The van der Waals surface area contributed by atoms with Crippen LogP contribution in [0.25, 0.3) is 22.3 Å². The minimum atomic E-state index is -3.72. The molecule has 2 N–H and O–H groups in total. The van der Waals surface area contributed by atoms with Gasteiger partial charge < -0.3 is 19.6 Å². The number of thiazole rings is 1. The summed E-state index contributed by atoms with van der Waals surface area (Å²) in [6.45, 7) is -0.147. The number of nitrogens with one attached hydrogen (secondary N) is 1. The summed E-state index contributed by atoms with van der Waals surface area (Å²) in [6.07, 6.45) is 1.02. The second-order valence-electron chi connectivity index (χ2n) is 7.66. The van der Waals surface area contributed by atoms with Gasteiger partial charge in [0.15, 0.2) is 5.69 Å². The van der Waals surface area contributed by atoms with Crippen molar-refractivity contribution >= 4 is 49.9 Å². The number of rotatable bonds is 8. The topological polar surface area (TPSA) is 139 Å². The summed E-state index contributed by atoms with van der Waals surface area (Å²) >= 11 is 1.07. The molecular formula is C23H20FN3O7S2. The number of anilines is 1. The molecule has 1 amide bonds. The van der Waals surface area contributed by atoms with Crippen LogP contribution in [0.2, 0.25) is 0 Å². The van der Waals surface area contributed by atoms with E-state index in [2.05, 4.69) is 10.3 Å². The highest BCUT2D eigenvalue weighted by molar-refractivity contribution is 7.92. The molecule has 13 heteroatoms. The molecule has 4 aromatic rings. The van der Waals surface area contributed by atoms with Crippen LogP contribution in [0, 0.1) is 5.82 Å². The molecule has 0 saturated heterocycles. The first kappa shape index (κ1) is 25.1. The zero-order chi connectivity index (χ0) is 26.2. The first-order valence-electron chi connectivity index (χ1n) is 10.3. The van der Waals surface area contributed by atoms with Crippen molar-refractivity contribution in [1.82, 2.24) is 10.3 Å². The number of hydrogen-bond acceptors (Lipinski definition) is 8. The summed E-state index contributed by atoms with van der Waals surface area (Å²) in [5.41, 5.74) is 0.787. The molecule has 4 rings (SSSR count). The number of aromatic carboxylic acids is 1. The van der Waals surface area contributed by atoms with Gasteiger partial charge in [-0.3, -0.25) is 9.10 Å². The van der Waals surface area contributed by atoms with Gasteiger partial charge in [-0.05, 0) is 30.3 Å². The minimum Gasteiger partial charge on any atom is -0.484 e. The number of hydrogen-bond donors (Lipinski definition) is 2. The Balaban J connectivity index is 1.88. The lowest BCUT2D eigenvalue weighted by atomic mass is 10.0. The molecule has 2 heterocycles. The zero-order valence-corrected chi connectivity index (χ0v) is 20.9. The molecule has 2 aromatic heterocycles. The van der Waals surface area contributed by atoms with E-state index in [4.69, 9.17) is 14.3 Å². The number of carboxylic acid groups (broad SMARTS) is 1. The molecule has 36 heavy (non-hydrogen) atoms. The summed E-state index contributed by atoms with van der Waals surface area (Å²) < 4.78 is 50.9. The van der Waals surface area contributed by atoms with Crippen LogP contribution in [-0.2, 0) is 16.6 Å². The van der Waals surface area contributed by atoms with Crippen molar-refractivity contribution in [2.45, 2.75) is 6.61 Å². The summed E-state index contributed by atoms with van der Waals surface area (Å²) in [7, 11) is -0.940. The van der Waals surface area contributed by atoms with E-state index in [9.17, 15) is 22.4 Å². The van der Waals surface area contributed by atoms with Crippen molar-refractivity contribution in [3.8, 4) is 17.1 Å². The Kier molecular flexibility index (Phi) is 6.69. The second kappa shape index (κ2) is 9.59. The molecule has 0 saturated carbocycles. The van der Waals surface area contributed by atoms with E-state index < -0.39 is 27.7 Å². The van der Waals surface area contributed by atoms with Gasteiger partial charge in [-0.25, -0.2) is 22.6 Å². The van der Waals surface area contributed by atoms with Crippen molar-refractivity contribution in [2.75, 3.05) is 24.7 Å². The number of furan rings is 1. The third-order valence-corrected chi connectivity index (χ3v) is 7.30. The van der Waals surface area contributed by atoms with Crippen LogP contribution in [0.4, 0.5) is 10.1 Å². The maximum atomic E-state index is 13.5. The van der Waals surface area contributed by atoms with Gasteiger partial charge in [-0.1, -0.05) is 0 Å². The molecule has 10 nitrogen and oxygen atoms in total. The lowest BCUT2D eigenvalue weighted by Gasteiger charge is -2.20. The Morgan fingerprint density at radius 3 is 2.53 bits per heavy atom. The predicted molar refractivity (Wildman–Crippen MR) is 132 cm³/mol. The Bertz CT molecular complexity index is 1580. The monoisotopic (exact) mass is 533 g/mol. The molecule has 0 unspecified atom stereocenters. The molecule has 0 aliphatic carbocycles. The number of amides is 1. The van der Waals surface area contributed by atoms with E-state index in [1.165, 1.54) is 55.9 Å². The van der Waals surface area contributed by atoms with Crippen molar-refractivity contribution in [3.05, 3.63) is 63.9 Å². The summed E-state index contributed by atoms with van der Waals surface area (Å²) in [5, 5.41) is 13.7. The van der Waals surface area contributed by atoms with E-state index in [1.54, 1.807) is 0 Å². The predicted octanol–water partition coefficient (Wildman–Crippen LogP) is 3.73. The zero-order valence-electron chi connectivity index (χ0n) is 19.2. The fraction of sp³-hybridized carbons (Fsp3) is 0.174. The number of nitrogens with zero attached hydrogens (tertiary/aromatic N) is 2. The molecular weight excluding hydrogens is 513 g/mol. The quantitative estimate of drug-likeness (QED) is 0.349. The number of benzene rings is 2. The van der Waals surface area contributed by atoms with Crippen molar-refractivity contribution in [3.63, 3.8) is 0 Å². The molecule has 0 atom stereocenters. The highest BCUT2D eigenvalue weighted by Crippen LogP contribution is 2.41. The smallest absolute Gasteiger partial charge is 0.355 e. The van der Waals surface area contributed by atoms with Crippen LogP contribution in [-0.4, -0.2) is 50.7 Å². The number of halogens is 1. The van der Waals surface area contributed by atoms with E-state index in [0.717, 1.165) is 21.9 Å². The maximum absolute atomic E-state index is 13.5. The lowest BCUT2D eigenvalue weighted by molar-refractivity contribution is 0.0690. The standard InChI is InChI=1S/C23H20FN3O7S2/c1-25-22(28)20-14-8-18(33-10-19-26-15(11-35-19)23(29)30)16(27(2)36(3,31)32)9-17(14)34-21(20)12-4-6-13(24)7-5-12/h4-9,11H,10H2,1-3H3,(H,25,28)(H,29,30). The van der Waals surface area contributed by atoms with Gasteiger partial charge in [-0.15, -0.1) is 11.3 Å². The number of ether oxygens (including phenoxy) is 1. The molecule has 0 spiro atoms. The van der Waals surface area contributed by atoms with Gasteiger partial charge in [0.05, 0.1) is 17.5 Å². The molecule has 0 aliphatic rings. The van der Waals surface area contributed by atoms with Gasteiger partial charge in [0, 0.05) is 36.5 Å². The highest BCUT2D eigenvalue weighted by Gasteiger charge is 2.26. The van der Waals surface area contributed by atoms with Crippen LogP contribution in [0.1, 0.15) is 25.9 Å². The molecule has 0 fully saturated rings. The van der Waals surface area contributed by atoms with Gasteiger partial charge in [0.25, 0.3) is 5.91 Å². The van der Waals surface area contributed by atoms with E-state index >= 15 is 0 Å². The van der Waals surface area contributed by atoms with E-state index in [-0.39, 0.29) is 40.6 Å². The highest BCUT2D eigenvalue weighted by atomic mass is 32.2. The fourth-order valence-corrected chi connectivity index (χ4v) is 4.60. The number of carbonyl (C=O) groups excluding carboxylic acids is 1. The third-order valence-electron chi connectivity index (χ3n) is 5.29. The number of fused-ring (bicyclic) bond motifs is 1. The Labute approximate surface area is 209 Å². The van der Waals surface area contributed by atoms with Crippen molar-refractivity contribution in [1.29, 1.82) is 0 Å². The van der Waals surface area contributed by atoms with Gasteiger partial charge in [0.1, 0.15) is 34.5 Å². The average molecular weight is 534 g/mol. The number of aromatic nitrogens is 1. The minimum absolute atomic E-state index is 0.0964. The Morgan fingerprint density at radius 1 is 1.25 bits per heavy atom. The number of carboxylic acids is 1. The van der Waals surface area contributed by atoms with Gasteiger partial charge >= 0.3 is 5.97 Å². The van der Waals surface area contributed by atoms with Crippen LogP contribution in [0.5, 0.6) is 5.75 Å². The van der Waals surface area contributed by atoms with Crippen LogP contribution in [0.15, 0.2) is 46.2 Å². The largest absolute Gasteiger partial charge is 0.484 e. The number of carbonyl (C=O) groups is 2. The van der Waals surface area contributed by atoms with Gasteiger partial charge in [0.2, 0.25) is 10.0 Å². The second-order valence-corrected chi connectivity index (χ2v) is 10.6. The fourth-order valence-electron chi connectivity index (χ4n) is 3.42. The van der Waals surface area contributed by atoms with Crippen LogP contribution in [0.3, 0.4) is 0 Å². The first-order valence-corrected chi connectivity index (χ1v) is 13.1. The SMILES string of the molecule is CNC(=O)c1c(-c2ccc(F)cc2)oc2cc(N(C)S(C)(=O)=O)c(OCc3nc(C(=O)O)cs3)cc12. The van der Waals surface area contributed by atoms with E-state index in [0.29, 0.717) is 16.0 Å². The summed E-state index contributed by atoms with van der Waals surface area (Å²) in [6, 6.07) is 8.28. The third kappa shape index (κ3) is 4.88. The van der Waals surface area contributed by atoms with E-state index in [1.807, 2.05) is 0 Å². The average Bonchev–Trinajstić information content (AvgIpc) is 3.46.